The van der Waals surface area contributed by atoms with Gasteiger partial charge in [0, 0.05) is 34.6 Å². The second-order valence-corrected chi connectivity index (χ2v) is 10.6. The summed E-state index contributed by atoms with van der Waals surface area (Å²) in [7, 11) is -4.15. The normalized spacial score (nSPS) is 18.6. The molecule has 33 heavy (non-hydrogen) atoms. The van der Waals surface area contributed by atoms with Crippen LogP contribution < -0.4 is 0 Å². The van der Waals surface area contributed by atoms with Crippen LogP contribution in [-0.2, 0) is 33.8 Å². The molecule has 0 radical (unpaired) electrons. The van der Waals surface area contributed by atoms with Gasteiger partial charge in [0.25, 0.3) is 0 Å². The first-order chi connectivity index (χ1) is 15.6. The van der Waals surface area contributed by atoms with Crippen molar-refractivity contribution in [3.63, 3.8) is 0 Å². The molecule has 5 rings (SSSR count). The predicted molar refractivity (Wildman–Crippen MR) is 117 cm³/mol. The Morgan fingerprint density at radius 3 is 2.48 bits per heavy atom. The molecular weight excluding hydrogens is 475 g/mol. The van der Waals surface area contributed by atoms with Crippen LogP contribution in [0, 0.1) is 0 Å². The van der Waals surface area contributed by atoms with Crippen molar-refractivity contribution in [2.75, 3.05) is 6.54 Å². The van der Waals surface area contributed by atoms with Crippen molar-refractivity contribution in [2.24, 2.45) is 0 Å². The van der Waals surface area contributed by atoms with Gasteiger partial charge in [-0.15, -0.1) is 4.31 Å². The first kappa shape index (κ1) is 22.5. The van der Waals surface area contributed by atoms with E-state index in [1.807, 2.05) is 12.1 Å². The molecule has 0 amide bonds. The number of hydrogen-bond donors (Lipinski definition) is 0. The third-order valence-corrected chi connectivity index (χ3v) is 7.99. The van der Waals surface area contributed by atoms with E-state index in [1.165, 1.54) is 10.4 Å². The van der Waals surface area contributed by atoms with Gasteiger partial charge < -0.3 is 4.55 Å². The number of hydrogen-bond acceptors (Lipinski definition) is 4. The van der Waals surface area contributed by atoms with Crippen LogP contribution in [-0.4, -0.2) is 25.4 Å². The van der Waals surface area contributed by atoms with E-state index < -0.39 is 22.1 Å². The average Bonchev–Trinajstić information content (AvgIpc) is 3.64. The van der Waals surface area contributed by atoms with Crippen molar-refractivity contribution in [2.45, 2.75) is 42.8 Å². The second kappa shape index (κ2) is 8.16. The van der Waals surface area contributed by atoms with Gasteiger partial charge in [0.1, 0.15) is 5.82 Å². The largest absolute Gasteiger partial charge is 0.593 e. The zero-order chi connectivity index (χ0) is 23.4. The van der Waals surface area contributed by atoms with E-state index in [0.29, 0.717) is 34.7 Å². The summed E-state index contributed by atoms with van der Waals surface area (Å²) in [6.07, 6.45) is -2.23. The van der Waals surface area contributed by atoms with Gasteiger partial charge in [-0.2, -0.15) is 13.2 Å². The van der Waals surface area contributed by atoms with Crippen molar-refractivity contribution in [1.29, 1.82) is 0 Å². The molecule has 0 N–H and O–H groups in total. The van der Waals surface area contributed by atoms with E-state index in [1.54, 1.807) is 12.1 Å². The summed E-state index contributed by atoms with van der Waals surface area (Å²) in [4.78, 5) is 9.08. The highest BCUT2D eigenvalue weighted by Gasteiger charge is 2.39. The van der Waals surface area contributed by atoms with Gasteiger partial charge in [-0.3, -0.25) is 0 Å². The highest BCUT2D eigenvalue weighted by atomic mass is 35.5. The van der Waals surface area contributed by atoms with E-state index in [4.69, 9.17) is 21.6 Å². The lowest BCUT2D eigenvalue weighted by molar-refractivity contribution is -0.137. The van der Waals surface area contributed by atoms with Crippen LogP contribution in [0.3, 0.4) is 0 Å². The first-order valence-electron chi connectivity index (χ1n) is 10.5. The Hall–Kier alpha value is -2.33. The zero-order valence-corrected chi connectivity index (χ0v) is 18.9. The molecule has 2 heterocycles. The van der Waals surface area contributed by atoms with E-state index >= 15 is 0 Å². The summed E-state index contributed by atoms with van der Waals surface area (Å²) in [5, 5.41) is 0.567. The van der Waals surface area contributed by atoms with E-state index in [9.17, 15) is 21.9 Å². The van der Waals surface area contributed by atoms with Crippen molar-refractivity contribution in [3.05, 3.63) is 76.2 Å². The van der Waals surface area contributed by atoms with Crippen LogP contribution in [0.2, 0.25) is 5.02 Å². The number of rotatable bonds is 4. The Morgan fingerprint density at radius 1 is 1.09 bits per heavy atom. The minimum absolute atomic E-state index is 0.0170. The highest BCUT2D eigenvalue weighted by molar-refractivity contribution is 7.95. The second-order valence-electron chi connectivity index (χ2n) is 8.25. The summed E-state index contributed by atoms with van der Waals surface area (Å²) >= 11 is 6.03. The van der Waals surface area contributed by atoms with Gasteiger partial charge in [-0.1, -0.05) is 34.0 Å². The highest BCUT2D eigenvalue weighted by Crippen LogP contribution is 2.41. The van der Waals surface area contributed by atoms with E-state index in [2.05, 4.69) is 0 Å². The summed E-state index contributed by atoms with van der Waals surface area (Å²) in [5.41, 5.74) is 1.89. The summed E-state index contributed by atoms with van der Waals surface area (Å²) < 4.78 is 67.1. The van der Waals surface area contributed by atoms with Gasteiger partial charge in [-0.05, 0) is 37.1 Å². The van der Waals surface area contributed by atoms with Crippen molar-refractivity contribution >= 4 is 22.0 Å². The van der Waals surface area contributed by atoms with Crippen LogP contribution in [0.5, 0.6) is 0 Å². The van der Waals surface area contributed by atoms with E-state index in [0.717, 1.165) is 42.1 Å². The van der Waals surface area contributed by atoms with Crippen LogP contribution >= 0.6 is 11.6 Å². The summed E-state index contributed by atoms with van der Waals surface area (Å²) in [5.74, 6) is 1.07. The Balaban J connectivity index is 1.54. The molecule has 1 aliphatic carbocycles. The number of fused-ring (bicyclic) bond motifs is 1. The fourth-order valence-electron chi connectivity index (χ4n) is 3.97. The van der Waals surface area contributed by atoms with Crippen LogP contribution in [0.25, 0.3) is 11.3 Å². The standard InChI is InChI=1S/C23H19ClF3N3O2S/c24-17-8-6-14(7-9-17)21-19-13-30(11-10-20(19)28-22(29-21)15-4-5-15)33(31,32)18-3-1-2-16(12-18)23(25,26)27/h1-3,6-9,12,15H,4-5,10-11,13H2. The lowest BCUT2D eigenvalue weighted by Crippen LogP contribution is -2.41. The molecule has 10 heteroatoms. The Labute approximate surface area is 195 Å². The quantitative estimate of drug-likeness (QED) is 0.440. The summed E-state index contributed by atoms with van der Waals surface area (Å²) in [6, 6.07) is 11.0. The topological polar surface area (TPSA) is 69.2 Å². The molecule has 172 valence electrons. The zero-order valence-electron chi connectivity index (χ0n) is 17.3. The average molecular weight is 494 g/mol. The van der Waals surface area contributed by atoms with Gasteiger partial charge in [0.05, 0.1) is 30.0 Å². The van der Waals surface area contributed by atoms with Gasteiger partial charge >= 0.3 is 6.18 Å². The maximum Gasteiger partial charge on any atom is 0.416 e. The number of benzene rings is 2. The summed E-state index contributed by atoms with van der Waals surface area (Å²) in [6.45, 7) is 0.115. The molecule has 0 bridgehead atoms. The predicted octanol–water partition coefficient (Wildman–Crippen LogP) is 5.66. The Bertz CT molecular complexity index is 1260. The van der Waals surface area contributed by atoms with Gasteiger partial charge in [-0.25, -0.2) is 9.97 Å². The number of alkyl halides is 3. The van der Waals surface area contributed by atoms with Crippen molar-refractivity contribution in [1.82, 2.24) is 14.3 Å². The molecule has 1 aromatic heterocycles. The number of halogens is 4. The lowest BCUT2D eigenvalue weighted by Gasteiger charge is -2.32. The Kier molecular flexibility index (Phi) is 5.55. The molecule has 2 aromatic carbocycles. The number of aromatic nitrogens is 2. The molecule has 1 saturated carbocycles. The van der Waals surface area contributed by atoms with Crippen LogP contribution in [0.4, 0.5) is 13.2 Å². The first-order valence-corrected chi connectivity index (χ1v) is 12.3. The number of sulfonamides is 1. The van der Waals surface area contributed by atoms with Crippen molar-refractivity contribution in [3.8, 4) is 11.3 Å². The molecule has 0 spiro atoms. The monoisotopic (exact) mass is 493 g/mol. The fourth-order valence-corrected chi connectivity index (χ4v) is 5.55. The fraction of sp³-hybridized carbons (Fsp3) is 0.304. The molecule has 1 aliphatic heterocycles. The molecular formula is C23H19ClF3N3O2S. The maximum atomic E-state index is 13.3. The molecule has 2 aliphatic rings. The molecule has 3 aromatic rings. The third kappa shape index (κ3) is 4.42. The smallest absolute Gasteiger partial charge is 0.416 e. The van der Waals surface area contributed by atoms with Gasteiger partial charge in [0.15, 0.2) is 15.3 Å². The molecule has 5 nitrogen and oxygen atoms in total. The molecule has 1 fully saturated rings. The minimum Gasteiger partial charge on any atom is -0.593 e. The maximum absolute atomic E-state index is 13.3. The third-order valence-electron chi connectivity index (χ3n) is 5.90. The van der Waals surface area contributed by atoms with Crippen molar-refractivity contribution < 1.29 is 21.9 Å². The van der Waals surface area contributed by atoms with E-state index in [-0.39, 0.29) is 18.0 Å². The molecule has 1 unspecified atom stereocenters. The molecule has 1 atom stereocenters. The minimum atomic E-state index is -4.63. The van der Waals surface area contributed by atoms with Crippen LogP contribution in [0.15, 0.2) is 53.4 Å². The lowest BCUT2D eigenvalue weighted by atomic mass is 10.00. The number of nitrogens with zero attached hydrogens (tertiary/aromatic N) is 3. The van der Waals surface area contributed by atoms with Crippen LogP contribution in [0.1, 0.15) is 41.4 Å². The Morgan fingerprint density at radius 2 is 1.82 bits per heavy atom. The molecule has 0 saturated heterocycles. The SMILES string of the molecule is O=[S+]([O-])(c1cccc(C(F)(F)F)c1)N1CCc2nc(C3CC3)nc(-c3ccc(Cl)cc3)c2C1. The van der Waals surface area contributed by atoms with Gasteiger partial charge in [0.2, 0.25) is 0 Å².